The van der Waals surface area contributed by atoms with E-state index in [-0.39, 0.29) is 36.2 Å². The van der Waals surface area contributed by atoms with E-state index < -0.39 is 0 Å². The molecular formula is C17H27ClFN3O. The minimum atomic E-state index is -0.268. The number of likely N-dealkylation sites (tertiary alicyclic amines) is 1. The molecule has 1 aliphatic rings. The number of halogens is 2. The predicted octanol–water partition coefficient (Wildman–Crippen LogP) is 2.48. The average molecular weight is 344 g/mol. The van der Waals surface area contributed by atoms with E-state index in [0.29, 0.717) is 19.0 Å². The first-order valence-corrected chi connectivity index (χ1v) is 7.98. The molecule has 0 aliphatic carbocycles. The van der Waals surface area contributed by atoms with E-state index in [1.165, 1.54) is 12.1 Å². The van der Waals surface area contributed by atoms with Gasteiger partial charge in [0.2, 0.25) is 5.91 Å². The van der Waals surface area contributed by atoms with Gasteiger partial charge >= 0.3 is 0 Å². The number of carbonyl (C=O) groups is 1. The van der Waals surface area contributed by atoms with Crippen LogP contribution in [0.2, 0.25) is 0 Å². The molecule has 0 spiro atoms. The Labute approximate surface area is 144 Å². The minimum Gasteiger partial charge on any atom is -0.348 e. The van der Waals surface area contributed by atoms with Gasteiger partial charge in [-0.25, -0.2) is 4.39 Å². The van der Waals surface area contributed by atoms with Crippen molar-refractivity contribution < 1.29 is 9.18 Å². The second kappa shape index (κ2) is 9.21. The van der Waals surface area contributed by atoms with Crippen LogP contribution in [-0.2, 0) is 4.79 Å². The first kappa shape index (κ1) is 19.9. The first-order valence-electron chi connectivity index (χ1n) is 7.98. The van der Waals surface area contributed by atoms with Crippen LogP contribution in [0.15, 0.2) is 24.3 Å². The van der Waals surface area contributed by atoms with Gasteiger partial charge in [0.25, 0.3) is 0 Å². The van der Waals surface area contributed by atoms with Gasteiger partial charge in [-0.1, -0.05) is 19.1 Å². The Balaban J connectivity index is 0.00000264. The van der Waals surface area contributed by atoms with E-state index in [1.807, 2.05) is 6.92 Å². The van der Waals surface area contributed by atoms with Crippen molar-refractivity contribution in [3.8, 4) is 0 Å². The smallest absolute Gasteiger partial charge is 0.234 e. The summed E-state index contributed by atoms with van der Waals surface area (Å²) >= 11 is 0. The second-order valence-corrected chi connectivity index (χ2v) is 6.33. The van der Waals surface area contributed by atoms with Gasteiger partial charge in [-0.15, -0.1) is 12.4 Å². The lowest BCUT2D eigenvalue weighted by molar-refractivity contribution is -0.123. The lowest BCUT2D eigenvalue weighted by Gasteiger charge is -2.37. The molecular weight excluding hydrogens is 317 g/mol. The molecule has 1 amide bonds. The lowest BCUT2D eigenvalue weighted by atomic mass is 9.92. The zero-order chi connectivity index (χ0) is 16.1. The Morgan fingerprint density at radius 2 is 2.09 bits per heavy atom. The van der Waals surface area contributed by atoms with Gasteiger partial charge < -0.3 is 11.1 Å². The van der Waals surface area contributed by atoms with E-state index in [1.54, 1.807) is 12.1 Å². The molecule has 23 heavy (non-hydrogen) atoms. The Hall–Kier alpha value is -1.17. The maximum Gasteiger partial charge on any atom is 0.234 e. The molecule has 3 N–H and O–H groups in total. The highest BCUT2D eigenvalue weighted by Crippen LogP contribution is 2.21. The quantitative estimate of drug-likeness (QED) is 0.863. The largest absolute Gasteiger partial charge is 0.348 e. The summed E-state index contributed by atoms with van der Waals surface area (Å²) in [7, 11) is 0. The number of amides is 1. The highest BCUT2D eigenvalue weighted by molar-refractivity contribution is 5.85. The molecule has 3 unspecified atom stereocenters. The summed E-state index contributed by atoms with van der Waals surface area (Å²) in [4.78, 5) is 14.4. The highest BCUT2D eigenvalue weighted by Gasteiger charge is 2.26. The summed E-state index contributed by atoms with van der Waals surface area (Å²) in [5.41, 5.74) is 6.73. The number of nitrogens with two attached hydrogens (primary N) is 1. The zero-order valence-electron chi connectivity index (χ0n) is 13.8. The van der Waals surface area contributed by atoms with Crippen LogP contribution in [0.3, 0.4) is 0 Å². The maximum absolute atomic E-state index is 12.9. The Morgan fingerprint density at radius 3 is 2.70 bits per heavy atom. The van der Waals surface area contributed by atoms with Gasteiger partial charge in [-0.05, 0) is 49.9 Å². The summed E-state index contributed by atoms with van der Waals surface area (Å²) in [6.07, 6.45) is 2.16. The van der Waals surface area contributed by atoms with Crippen molar-refractivity contribution >= 4 is 18.3 Å². The first-order chi connectivity index (χ1) is 10.5. The molecule has 1 heterocycles. The van der Waals surface area contributed by atoms with Crippen LogP contribution < -0.4 is 11.1 Å². The molecule has 0 bridgehead atoms. The summed E-state index contributed by atoms with van der Waals surface area (Å²) < 4.78 is 12.9. The van der Waals surface area contributed by atoms with Crippen molar-refractivity contribution in [3.63, 3.8) is 0 Å². The van der Waals surface area contributed by atoms with Crippen molar-refractivity contribution in [2.45, 2.75) is 38.8 Å². The number of rotatable bonds is 5. The maximum atomic E-state index is 12.9. The van der Waals surface area contributed by atoms with Gasteiger partial charge in [-0.2, -0.15) is 0 Å². The molecule has 0 radical (unpaired) electrons. The molecule has 2 rings (SSSR count). The standard InChI is InChI=1S/C17H26FN3O.ClH/c1-12-7-8-21(16(9-12)10-19)11-17(22)20-13(2)14-3-5-15(18)6-4-14;/h3-6,12-13,16H,7-11,19H2,1-2H3,(H,20,22);1H. The average Bonchev–Trinajstić information content (AvgIpc) is 2.49. The van der Waals surface area contributed by atoms with Gasteiger partial charge in [0, 0.05) is 12.6 Å². The van der Waals surface area contributed by atoms with E-state index in [2.05, 4.69) is 17.1 Å². The number of piperidine rings is 1. The molecule has 1 saturated heterocycles. The zero-order valence-corrected chi connectivity index (χ0v) is 14.6. The number of hydrogen-bond acceptors (Lipinski definition) is 3. The van der Waals surface area contributed by atoms with Crippen LogP contribution in [0.25, 0.3) is 0 Å². The Bertz CT molecular complexity index is 497. The Morgan fingerprint density at radius 1 is 1.43 bits per heavy atom. The minimum absolute atomic E-state index is 0. The number of hydrogen-bond donors (Lipinski definition) is 2. The fourth-order valence-electron chi connectivity index (χ4n) is 3.06. The van der Waals surface area contributed by atoms with Gasteiger partial charge in [0.15, 0.2) is 0 Å². The van der Waals surface area contributed by atoms with Crippen LogP contribution in [0.1, 0.15) is 38.3 Å². The number of benzene rings is 1. The van der Waals surface area contributed by atoms with E-state index in [4.69, 9.17) is 5.73 Å². The van der Waals surface area contributed by atoms with Crippen LogP contribution in [0.4, 0.5) is 4.39 Å². The third kappa shape index (κ3) is 5.75. The summed E-state index contributed by atoms with van der Waals surface area (Å²) in [5.74, 6) is 0.395. The lowest BCUT2D eigenvalue weighted by Crippen LogP contribution is -2.50. The van der Waals surface area contributed by atoms with Crippen molar-refractivity contribution in [1.29, 1.82) is 0 Å². The third-order valence-electron chi connectivity index (χ3n) is 4.47. The topological polar surface area (TPSA) is 58.4 Å². The molecule has 1 aliphatic heterocycles. The van der Waals surface area contributed by atoms with Crippen molar-refractivity contribution in [3.05, 3.63) is 35.6 Å². The van der Waals surface area contributed by atoms with E-state index in [0.717, 1.165) is 24.9 Å². The van der Waals surface area contributed by atoms with Gasteiger partial charge in [-0.3, -0.25) is 9.69 Å². The van der Waals surface area contributed by atoms with Crippen molar-refractivity contribution in [1.82, 2.24) is 10.2 Å². The SMILES string of the molecule is CC1CCN(CC(=O)NC(C)c2ccc(F)cc2)C(CN)C1.Cl. The molecule has 3 atom stereocenters. The molecule has 1 aromatic carbocycles. The van der Waals surface area contributed by atoms with Crippen LogP contribution in [-0.4, -0.2) is 36.5 Å². The molecule has 6 heteroatoms. The molecule has 1 aromatic rings. The number of carbonyl (C=O) groups excluding carboxylic acids is 1. The predicted molar refractivity (Wildman–Crippen MR) is 93.0 cm³/mol. The Kier molecular flexibility index (Phi) is 7.95. The molecule has 1 fully saturated rings. The van der Waals surface area contributed by atoms with Gasteiger partial charge in [0.05, 0.1) is 12.6 Å². The monoisotopic (exact) mass is 343 g/mol. The van der Waals surface area contributed by atoms with Crippen LogP contribution >= 0.6 is 12.4 Å². The molecule has 130 valence electrons. The molecule has 0 aromatic heterocycles. The normalized spacial score (nSPS) is 23.0. The molecule has 4 nitrogen and oxygen atoms in total. The van der Waals surface area contributed by atoms with Crippen molar-refractivity contribution in [2.24, 2.45) is 11.7 Å². The molecule has 0 saturated carbocycles. The fourth-order valence-corrected chi connectivity index (χ4v) is 3.06. The van der Waals surface area contributed by atoms with E-state index in [9.17, 15) is 9.18 Å². The fraction of sp³-hybridized carbons (Fsp3) is 0.588. The number of nitrogens with one attached hydrogen (secondary N) is 1. The summed E-state index contributed by atoms with van der Waals surface area (Å²) in [6, 6.07) is 6.38. The summed E-state index contributed by atoms with van der Waals surface area (Å²) in [6.45, 7) is 6.02. The van der Waals surface area contributed by atoms with Crippen LogP contribution in [0, 0.1) is 11.7 Å². The second-order valence-electron chi connectivity index (χ2n) is 6.33. The van der Waals surface area contributed by atoms with Crippen molar-refractivity contribution in [2.75, 3.05) is 19.6 Å². The third-order valence-corrected chi connectivity index (χ3v) is 4.47. The van der Waals surface area contributed by atoms with Crippen LogP contribution in [0.5, 0.6) is 0 Å². The van der Waals surface area contributed by atoms with E-state index >= 15 is 0 Å². The van der Waals surface area contributed by atoms with Gasteiger partial charge in [0.1, 0.15) is 5.82 Å². The highest BCUT2D eigenvalue weighted by atomic mass is 35.5. The number of nitrogens with zero attached hydrogens (tertiary/aromatic N) is 1. The summed E-state index contributed by atoms with van der Waals surface area (Å²) in [5, 5.41) is 2.97.